The Morgan fingerprint density at radius 3 is 1.70 bits per heavy atom. The van der Waals surface area contributed by atoms with Gasteiger partial charge in [-0.25, -0.2) is 8.42 Å². The molecular formula is C29H46O9SSi. The first-order valence-electron chi connectivity index (χ1n) is 13.8. The van der Waals surface area contributed by atoms with Crippen LogP contribution in [0.5, 0.6) is 0 Å². The predicted octanol–water partition coefficient (Wildman–Crippen LogP) is 3.74. The molecule has 2 N–H and O–H groups in total. The average Bonchev–Trinajstić information content (AvgIpc) is 3.04. The Morgan fingerprint density at radius 2 is 1.30 bits per heavy atom. The van der Waals surface area contributed by atoms with Gasteiger partial charge in [0.15, 0.2) is 9.84 Å². The number of rotatable bonds is 7. The minimum atomic E-state index is -3.92. The van der Waals surface area contributed by atoms with Crippen molar-refractivity contribution in [2.24, 2.45) is 10.8 Å². The monoisotopic (exact) mass is 598 g/mol. The summed E-state index contributed by atoms with van der Waals surface area (Å²) >= 11 is 0. The van der Waals surface area contributed by atoms with Crippen LogP contribution in [0.25, 0.3) is 0 Å². The van der Waals surface area contributed by atoms with Crippen molar-refractivity contribution in [2.45, 2.75) is 113 Å². The third kappa shape index (κ3) is 6.18. The van der Waals surface area contributed by atoms with Gasteiger partial charge in [0.1, 0.15) is 36.6 Å². The maximum atomic E-state index is 14.0. The molecule has 9 nitrogen and oxygen atoms in total. The van der Waals surface area contributed by atoms with Crippen LogP contribution in [0.4, 0.5) is 0 Å². The van der Waals surface area contributed by atoms with E-state index in [2.05, 4.69) is 0 Å². The zero-order valence-corrected chi connectivity index (χ0v) is 27.0. The maximum Gasteiger partial charge on any atom is 0.311 e. The van der Waals surface area contributed by atoms with E-state index in [0.717, 1.165) is 0 Å². The smallest absolute Gasteiger partial charge is 0.311 e. The molecule has 0 unspecified atom stereocenters. The van der Waals surface area contributed by atoms with Gasteiger partial charge in [-0.05, 0) is 72.1 Å². The highest BCUT2D eigenvalue weighted by Gasteiger charge is 2.71. The molecule has 1 heterocycles. The largest absolute Gasteiger partial charge is 0.462 e. The summed E-state index contributed by atoms with van der Waals surface area (Å²) in [6, 6.07) is 8.10. The second-order valence-electron chi connectivity index (χ2n) is 14.4. The first-order valence-corrected chi connectivity index (χ1v) is 18.9. The molecule has 0 radical (unpaired) electrons. The maximum absolute atomic E-state index is 14.0. The van der Waals surface area contributed by atoms with E-state index in [9.17, 15) is 28.2 Å². The lowest BCUT2D eigenvalue weighted by molar-refractivity contribution is -0.182. The molecule has 0 aromatic heterocycles. The summed E-state index contributed by atoms with van der Waals surface area (Å²) in [5, 5.41) is 23.5. The van der Waals surface area contributed by atoms with Gasteiger partial charge in [0, 0.05) is 8.07 Å². The number of esters is 2. The number of hydrogen-bond donors (Lipinski definition) is 2. The van der Waals surface area contributed by atoms with E-state index in [0.29, 0.717) is 0 Å². The van der Waals surface area contributed by atoms with Crippen LogP contribution in [-0.4, -0.2) is 80.5 Å². The zero-order chi connectivity index (χ0) is 30.5. The number of carbonyl (C=O) groups excluding carboxylic acids is 2. The Labute approximate surface area is 239 Å². The molecule has 3 rings (SSSR count). The lowest BCUT2D eigenvalue weighted by Gasteiger charge is -2.52. The molecule has 226 valence electrons. The molecule has 1 saturated heterocycles. The molecule has 1 saturated carbocycles. The second-order valence-corrected chi connectivity index (χ2v) is 22.1. The van der Waals surface area contributed by atoms with E-state index in [1.807, 2.05) is 19.6 Å². The van der Waals surface area contributed by atoms with Crippen molar-refractivity contribution >= 4 is 29.8 Å². The third-order valence-electron chi connectivity index (χ3n) is 8.17. The van der Waals surface area contributed by atoms with Crippen molar-refractivity contribution in [3.05, 3.63) is 30.3 Å². The number of fused-ring (bicyclic) bond motifs is 1. The minimum Gasteiger partial charge on any atom is -0.462 e. The summed E-state index contributed by atoms with van der Waals surface area (Å²) in [4.78, 5) is 25.3. The van der Waals surface area contributed by atoms with Crippen LogP contribution in [0, 0.1) is 10.8 Å². The molecule has 2 aliphatic rings. The summed E-state index contributed by atoms with van der Waals surface area (Å²) in [5.74, 6) is -1.04. The van der Waals surface area contributed by atoms with Crippen LogP contribution in [0.1, 0.15) is 54.4 Å². The van der Waals surface area contributed by atoms with Crippen molar-refractivity contribution in [1.82, 2.24) is 0 Å². The van der Waals surface area contributed by atoms with Gasteiger partial charge in [0.05, 0.1) is 21.0 Å². The summed E-state index contributed by atoms with van der Waals surface area (Å²) < 4.78 is 45.2. The lowest BCUT2D eigenvalue weighted by atomic mass is 9.68. The highest BCUT2D eigenvalue weighted by molar-refractivity contribution is 7.92. The Hall–Kier alpha value is -1.79. The third-order valence-corrected chi connectivity index (χ3v) is 13.5. The Morgan fingerprint density at radius 1 is 0.875 bits per heavy atom. The summed E-state index contributed by atoms with van der Waals surface area (Å²) in [6.07, 6.45) is -2.78. The van der Waals surface area contributed by atoms with Crippen LogP contribution >= 0.6 is 0 Å². The molecule has 0 spiro atoms. The number of carbonyl (C=O) groups is 2. The SMILES string of the molecule is CC(C)(C)C(=O)OC[C@@H]1O[C@H](COC(=O)C(C)(C)C)[C@@]2(O)C[C@@H](S(=O)(=O)c3ccccc3)[C@H]([Si](C)(C)C)C[C@@]12O. The number of hydrogen-bond acceptors (Lipinski definition) is 9. The van der Waals surface area contributed by atoms with Gasteiger partial charge >= 0.3 is 11.9 Å². The highest BCUT2D eigenvalue weighted by Crippen LogP contribution is 2.57. The van der Waals surface area contributed by atoms with Gasteiger partial charge in [0.25, 0.3) is 0 Å². The first-order chi connectivity index (χ1) is 18.0. The van der Waals surface area contributed by atoms with Crippen molar-refractivity contribution in [3.8, 4) is 0 Å². The highest BCUT2D eigenvalue weighted by atomic mass is 32.2. The van der Waals surface area contributed by atoms with E-state index >= 15 is 0 Å². The van der Waals surface area contributed by atoms with Crippen LogP contribution in [-0.2, 0) is 33.6 Å². The van der Waals surface area contributed by atoms with Crippen LogP contribution < -0.4 is 0 Å². The number of benzene rings is 1. The molecule has 1 aromatic rings. The van der Waals surface area contributed by atoms with Crippen LogP contribution in [0.15, 0.2) is 35.2 Å². The number of sulfone groups is 1. The van der Waals surface area contributed by atoms with E-state index in [1.54, 1.807) is 59.7 Å². The van der Waals surface area contributed by atoms with Gasteiger partial charge in [-0.2, -0.15) is 0 Å². The van der Waals surface area contributed by atoms with E-state index in [4.69, 9.17) is 14.2 Å². The fraction of sp³-hybridized carbons (Fsp3) is 0.724. The van der Waals surface area contributed by atoms with Gasteiger partial charge in [-0.3, -0.25) is 9.59 Å². The minimum absolute atomic E-state index is 0.0720. The molecule has 11 heteroatoms. The van der Waals surface area contributed by atoms with Crippen molar-refractivity contribution < 1.29 is 42.4 Å². The zero-order valence-electron chi connectivity index (χ0n) is 25.2. The average molecular weight is 599 g/mol. The molecule has 1 aliphatic carbocycles. The molecule has 1 aromatic carbocycles. The summed E-state index contributed by atoms with van der Waals surface area (Å²) in [5.41, 5.74) is -6.12. The van der Waals surface area contributed by atoms with E-state index in [1.165, 1.54) is 12.1 Å². The first kappa shape index (κ1) is 32.7. The molecule has 6 atom stereocenters. The van der Waals surface area contributed by atoms with Gasteiger partial charge in [-0.1, -0.05) is 37.8 Å². The van der Waals surface area contributed by atoms with Crippen LogP contribution in [0.2, 0.25) is 25.2 Å². The quantitative estimate of drug-likeness (QED) is 0.355. The molecule has 40 heavy (non-hydrogen) atoms. The normalized spacial score (nSPS) is 31.4. The van der Waals surface area contributed by atoms with Gasteiger partial charge < -0.3 is 24.4 Å². The lowest BCUT2D eigenvalue weighted by Crippen LogP contribution is -2.68. The fourth-order valence-electron chi connectivity index (χ4n) is 5.58. The van der Waals surface area contributed by atoms with E-state index in [-0.39, 0.29) is 24.3 Å². The molecular weight excluding hydrogens is 552 g/mol. The van der Waals surface area contributed by atoms with Crippen molar-refractivity contribution in [2.75, 3.05) is 13.2 Å². The summed E-state index contributed by atoms with van der Waals surface area (Å²) in [6.45, 7) is 15.5. The Kier molecular flexibility index (Phi) is 8.83. The molecule has 1 aliphatic heterocycles. The molecule has 0 bridgehead atoms. The molecule has 2 fully saturated rings. The predicted molar refractivity (Wildman–Crippen MR) is 153 cm³/mol. The van der Waals surface area contributed by atoms with Gasteiger partial charge in [-0.15, -0.1) is 0 Å². The molecule has 0 amide bonds. The second kappa shape index (κ2) is 10.8. The number of aliphatic hydroxyl groups is 2. The van der Waals surface area contributed by atoms with Crippen molar-refractivity contribution in [3.63, 3.8) is 0 Å². The van der Waals surface area contributed by atoms with E-state index < -0.39 is 81.5 Å². The standard InChI is InChI=1S/C29H46O9SSi/c1-26(2,3)24(30)36-17-22-28(32)15-20(39(34,35)19-13-11-10-12-14-19)21(40(7,8)9)16-29(28,33)23(38-22)18-37-25(31)27(4,5)6/h10-14,20-23,32-33H,15-18H2,1-9H3/t20-,21-,22-,23+,28+,29-/m1/s1. The fourth-order valence-corrected chi connectivity index (χ4v) is 11.4. The summed E-state index contributed by atoms with van der Waals surface area (Å²) in [7, 11) is -6.21. The van der Waals surface area contributed by atoms with Gasteiger partial charge in [0.2, 0.25) is 0 Å². The van der Waals surface area contributed by atoms with Crippen molar-refractivity contribution in [1.29, 1.82) is 0 Å². The Bertz CT molecular complexity index is 1200. The Balaban J connectivity index is 2.07. The van der Waals surface area contributed by atoms with Crippen LogP contribution in [0.3, 0.4) is 0 Å². The topological polar surface area (TPSA) is 136 Å². The number of ether oxygens (including phenoxy) is 3.